The average Bonchev–Trinajstić information content (AvgIpc) is 3.29. The monoisotopic (exact) mass is 375 g/mol. The normalized spacial score (nSPS) is 23.2. The fraction of sp³-hybridized carbons (Fsp3) is 0.391. The van der Waals surface area contributed by atoms with Gasteiger partial charge < -0.3 is 15.1 Å². The van der Waals surface area contributed by atoms with E-state index in [-0.39, 0.29) is 18.4 Å². The van der Waals surface area contributed by atoms with Gasteiger partial charge in [-0.1, -0.05) is 35.9 Å². The molecule has 0 aromatic heterocycles. The minimum atomic E-state index is -0.506. The maximum absolute atomic E-state index is 13.4. The van der Waals surface area contributed by atoms with Crippen LogP contribution in [0.25, 0.3) is 0 Å². The lowest BCUT2D eigenvalue weighted by Gasteiger charge is -2.31. The van der Waals surface area contributed by atoms with Crippen LogP contribution < -0.4 is 15.1 Å². The van der Waals surface area contributed by atoms with Gasteiger partial charge >= 0.3 is 0 Å². The number of amides is 2. The van der Waals surface area contributed by atoms with Gasteiger partial charge in [0.25, 0.3) is 0 Å². The van der Waals surface area contributed by atoms with Gasteiger partial charge in [-0.2, -0.15) is 0 Å². The van der Waals surface area contributed by atoms with Crippen LogP contribution in [0, 0.1) is 6.92 Å². The summed E-state index contributed by atoms with van der Waals surface area (Å²) in [7, 11) is 0. The topological polar surface area (TPSA) is 52.7 Å². The lowest BCUT2D eigenvalue weighted by atomic mass is 9.81. The second-order valence-electron chi connectivity index (χ2n) is 8.20. The Kier molecular flexibility index (Phi) is 4.02. The molecule has 5 rings (SSSR count). The van der Waals surface area contributed by atoms with Crippen molar-refractivity contribution in [1.29, 1.82) is 0 Å². The number of hydrogen-bond donors (Lipinski definition) is 1. The number of hydrogen-bond acceptors (Lipinski definition) is 3. The third-order valence-corrected chi connectivity index (χ3v) is 6.47. The van der Waals surface area contributed by atoms with Crippen LogP contribution >= 0.6 is 0 Å². The third kappa shape index (κ3) is 2.49. The molecule has 0 saturated carbocycles. The fourth-order valence-corrected chi connectivity index (χ4v) is 5.06. The van der Waals surface area contributed by atoms with Gasteiger partial charge in [0.1, 0.15) is 6.54 Å². The Balaban J connectivity index is 1.46. The Morgan fingerprint density at radius 1 is 1.18 bits per heavy atom. The molecule has 3 heterocycles. The van der Waals surface area contributed by atoms with Crippen molar-refractivity contribution in [2.24, 2.45) is 0 Å². The molecule has 2 aromatic rings. The first-order chi connectivity index (χ1) is 13.6. The third-order valence-electron chi connectivity index (χ3n) is 6.47. The van der Waals surface area contributed by atoms with Crippen LogP contribution in [0.2, 0.25) is 0 Å². The number of carbonyl (C=O) groups excluding carboxylic acids is 2. The molecule has 1 unspecified atom stereocenters. The number of para-hydroxylation sites is 1. The highest BCUT2D eigenvalue weighted by molar-refractivity contribution is 6.12. The van der Waals surface area contributed by atoms with Crippen LogP contribution in [0.4, 0.5) is 11.4 Å². The van der Waals surface area contributed by atoms with Gasteiger partial charge in [-0.05, 0) is 56.0 Å². The van der Waals surface area contributed by atoms with Crippen LogP contribution in [0.5, 0.6) is 0 Å². The smallest absolute Gasteiger partial charge is 0.247 e. The number of nitrogens with one attached hydrogen (secondary N) is 1. The zero-order valence-electron chi connectivity index (χ0n) is 16.2. The molecule has 2 aromatic carbocycles. The number of fused-ring (bicyclic) bond motifs is 3. The summed E-state index contributed by atoms with van der Waals surface area (Å²) in [6, 6.07) is 14.2. The van der Waals surface area contributed by atoms with Crippen molar-refractivity contribution in [3.63, 3.8) is 0 Å². The molecule has 0 bridgehead atoms. The van der Waals surface area contributed by atoms with E-state index in [0.717, 1.165) is 42.7 Å². The van der Waals surface area contributed by atoms with Crippen LogP contribution in [0.15, 0.2) is 42.5 Å². The van der Waals surface area contributed by atoms with E-state index in [9.17, 15) is 9.59 Å². The largest absolute Gasteiger partial charge is 0.315 e. The molecular formula is C23H25N3O2. The number of nitrogens with zero attached hydrogens (tertiary/aromatic N) is 2. The molecule has 2 amide bonds. The van der Waals surface area contributed by atoms with Crippen LogP contribution in [-0.4, -0.2) is 38.0 Å². The lowest BCUT2D eigenvalue weighted by molar-refractivity contribution is -0.125. The number of aryl methyl sites for hydroxylation is 2. The lowest BCUT2D eigenvalue weighted by Crippen LogP contribution is -2.47. The Bertz CT molecular complexity index is 962. The molecule has 3 aliphatic rings. The van der Waals surface area contributed by atoms with Gasteiger partial charge in [0.15, 0.2) is 0 Å². The second kappa shape index (κ2) is 6.45. The van der Waals surface area contributed by atoms with E-state index in [1.807, 2.05) is 35.2 Å². The first-order valence-corrected chi connectivity index (χ1v) is 10.1. The quantitative estimate of drug-likeness (QED) is 0.878. The van der Waals surface area contributed by atoms with Crippen LogP contribution in [0.1, 0.15) is 29.5 Å². The Labute approximate surface area is 165 Å². The zero-order valence-corrected chi connectivity index (χ0v) is 16.2. The van der Waals surface area contributed by atoms with Gasteiger partial charge in [0, 0.05) is 24.5 Å². The van der Waals surface area contributed by atoms with E-state index < -0.39 is 5.41 Å². The summed E-state index contributed by atoms with van der Waals surface area (Å²) < 4.78 is 0. The molecule has 5 heteroatoms. The highest BCUT2D eigenvalue weighted by Crippen LogP contribution is 2.45. The molecular weight excluding hydrogens is 350 g/mol. The summed E-state index contributed by atoms with van der Waals surface area (Å²) in [6.07, 6.45) is 2.75. The van der Waals surface area contributed by atoms with Gasteiger partial charge in [0.05, 0.1) is 5.41 Å². The van der Waals surface area contributed by atoms with Crippen molar-refractivity contribution in [2.75, 3.05) is 36.0 Å². The SMILES string of the molecule is Cc1ccc2c(c1)CCCN2C(=O)CN1C(=O)C2(CCNC2)c2ccccc21. The Morgan fingerprint density at radius 2 is 2.04 bits per heavy atom. The van der Waals surface area contributed by atoms with Crippen molar-refractivity contribution in [3.05, 3.63) is 59.2 Å². The van der Waals surface area contributed by atoms with Gasteiger partial charge in [-0.3, -0.25) is 9.59 Å². The summed E-state index contributed by atoms with van der Waals surface area (Å²) in [5, 5.41) is 3.34. The van der Waals surface area contributed by atoms with Gasteiger partial charge in [0.2, 0.25) is 11.8 Å². The van der Waals surface area contributed by atoms with Crippen molar-refractivity contribution < 1.29 is 9.59 Å². The highest BCUT2D eigenvalue weighted by atomic mass is 16.2. The van der Waals surface area contributed by atoms with Gasteiger partial charge in [-0.15, -0.1) is 0 Å². The molecule has 28 heavy (non-hydrogen) atoms. The molecule has 1 atom stereocenters. The molecule has 1 saturated heterocycles. The molecule has 0 radical (unpaired) electrons. The molecule has 1 N–H and O–H groups in total. The van der Waals surface area contributed by atoms with E-state index in [0.29, 0.717) is 13.1 Å². The number of rotatable bonds is 2. The summed E-state index contributed by atoms with van der Waals surface area (Å²) in [6.45, 7) is 4.38. The maximum atomic E-state index is 13.4. The number of anilines is 2. The predicted octanol–water partition coefficient (Wildman–Crippen LogP) is 2.55. The first-order valence-electron chi connectivity index (χ1n) is 10.1. The van der Waals surface area contributed by atoms with E-state index in [2.05, 4.69) is 24.4 Å². The molecule has 0 aliphatic carbocycles. The summed E-state index contributed by atoms with van der Waals surface area (Å²) in [5.74, 6) is 0.0594. The van der Waals surface area contributed by atoms with Crippen molar-refractivity contribution >= 4 is 23.2 Å². The minimum absolute atomic E-state index is 0.00374. The molecule has 3 aliphatic heterocycles. The average molecular weight is 375 g/mol. The van der Waals surface area contributed by atoms with E-state index in [1.54, 1.807) is 4.90 Å². The Hall–Kier alpha value is -2.66. The van der Waals surface area contributed by atoms with E-state index in [1.165, 1.54) is 11.1 Å². The van der Waals surface area contributed by atoms with Crippen molar-refractivity contribution in [2.45, 2.75) is 31.6 Å². The van der Waals surface area contributed by atoms with Crippen LogP contribution in [-0.2, 0) is 21.4 Å². The minimum Gasteiger partial charge on any atom is -0.315 e. The molecule has 144 valence electrons. The van der Waals surface area contributed by atoms with E-state index >= 15 is 0 Å². The van der Waals surface area contributed by atoms with Gasteiger partial charge in [-0.25, -0.2) is 0 Å². The van der Waals surface area contributed by atoms with E-state index in [4.69, 9.17) is 0 Å². The molecule has 1 spiro atoms. The fourth-order valence-electron chi connectivity index (χ4n) is 5.06. The zero-order chi connectivity index (χ0) is 19.3. The second-order valence-corrected chi connectivity index (χ2v) is 8.20. The van der Waals surface area contributed by atoms with Crippen molar-refractivity contribution in [3.8, 4) is 0 Å². The maximum Gasteiger partial charge on any atom is 0.247 e. The van der Waals surface area contributed by atoms with Crippen LogP contribution in [0.3, 0.4) is 0 Å². The molecule has 1 fully saturated rings. The summed E-state index contributed by atoms with van der Waals surface area (Å²) >= 11 is 0. The molecule has 5 nitrogen and oxygen atoms in total. The summed E-state index contributed by atoms with van der Waals surface area (Å²) in [4.78, 5) is 30.3. The Morgan fingerprint density at radius 3 is 2.86 bits per heavy atom. The predicted molar refractivity (Wildman–Crippen MR) is 110 cm³/mol. The van der Waals surface area contributed by atoms with Crippen molar-refractivity contribution in [1.82, 2.24) is 5.32 Å². The standard InChI is InChI=1S/C23H25N3O2/c1-16-8-9-19-17(13-16)5-4-12-25(19)21(27)14-26-20-7-3-2-6-18(20)23(22(26)28)10-11-24-15-23/h2-3,6-9,13,24H,4-5,10-12,14-15H2,1H3. The first kappa shape index (κ1) is 17.4. The number of carbonyl (C=O) groups is 2. The highest BCUT2D eigenvalue weighted by Gasteiger charge is 2.52. The number of benzene rings is 2. The summed E-state index contributed by atoms with van der Waals surface area (Å²) in [5.41, 5.74) is 4.89.